The van der Waals surface area contributed by atoms with Crippen molar-refractivity contribution in [2.45, 2.75) is 331 Å². The van der Waals surface area contributed by atoms with Gasteiger partial charge in [-0.25, -0.2) is 0 Å². The molecule has 0 spiro atoms. The third-order valence-corrected chi connectivity index (χ3v) is 14.8. The van der Waals surface area contributed by atoms with Gasteiger partial charge in [-0.2, -0.15) is 0 Å². The zero-order valence-electron chi connectivity index (χ0n) is 44.5. The molecule has 0 aliphatic carbocycles. The summed E-state index contributed by atoms with van der Waals surface area (Å²) in [5.74, 6) is -0.201. The van der Waals surface area contributed by atoms with E-state index in [1.165, 1.54) is 180 Å². The zero-order valence-corrected chi connectivity index (χ0v) is 44.5. The molecule has 14 nitrogen and oxygen atoms in total. The van der Waals surface area contributed by atoms with Gasteiger partial charge in [-0.3, -0.25) is 4.79 Å². The van der Waals surface area contributed by atoms with Gasteiger partial charge in [-0.15, -0.1) is 0 Å². The highest BCUT2D eigenvalue weighted by atomic mass is 16.7. The van der Waals surface area contributed by atoms with Crippen molar-refractivity contribution in [3.8, 4) is 0 Å². The molecule has 2 rings (SSSR count). The summed E-state index contributed by atoms with van der Waals surface area (Å²) in [6.45, 7) is 2.88. The highest BCUT2D eigenvalue weighted by molar-refractivity contribution is 5.76. The Morgan fingerprint density at radius 2 is 0.814 bits per heavy atom. The first-order valence-corrected chi connectivity index (χ1v) is 29.3. The average molecular weight is 1000 g/mol. The van der Waals surface area contributed by atoms with Crippen LogP contribution in [0.5, 0.6) is 0 Å². The smallest absolute Gasteiger partial charge is 0.220 e. The second-order valence-electron chi connectivity index (χ2n) is 21.1. The first-order chi connectivity index (χ1) is 34.1. The molecule has 0 bridgehead atoms. The zero-order chi connectivity index (χ0) is 51.0. The van der Waals surface area contributed by atoms with E-state index in [1.807, 2.05) is 0 Å². The van der Waals surface area contributed by atoms with E-state index in [9.17, 15) is 45.6 Å². The minimum atomic E-state index is -1.78. The van der Waals surface area contributed by atoms with Crippen LogP contribution in [0, 0.1) is 0 Å². The third-order valence-electron chi connectivity index (χ3n) is 14.8. The van der Waals surface area contributed by atoms with Crippen molar-refractivity contribution in [3.63, 3.8) is 0 Å². The van der Waals surface area contributed by atoms with Crippen LogP contribution in [0.15, 0.2) is 0 Å². The molecule has 0 radical (unpaired) electrons. The number of nitrogens with one attached hydrogen (secondary N) is 1. The fraction of sp³-hybridized carbons (Fsp3) is 0.982. The molecule has 2 heterocycles. The number of carbonyl (C=O) groups is 1. The molecule has 0 aromatic heterocycles. The second-order valence-corrected chi connectivity index (χ2v) is 21.1. The van der Waals surface area contributed by atoms with Crippen LogP contribution in [0.1, 0.15) is 258 Å². The van der Waals surface area contributed by atoms with E-state index in [-0.39, 0.29) is 12.5 Å². The number of aliphatic hydroxyl groups is 8. The largest absolute Gasteiger partial charge is 0.394 e. The number of amides is 1. The predicted molar refractivity (Wildman–Crippen MR) is 277 cm³/mol. The summed E-state index contributed by atoms with van der Waals surface area (Å²) in [7, 11) is 0. The van der Waals surface area contributed by atoms with Crippen LogP contribution in [0.3, 0.4) is 0 Å². The number of rotatable bonds is 47. The molecule has 2 aliphatic rings. The standard InChI is InChI=1S/C56H109NO13/c1-3-5-7-9-11-13-15-17-18-19-20-21-22-23-24-25-26-27-28-30-32-34-36-38-40-48(61)57-44(45(60)39-37-35-33-31-29-16-14-12-10-8-6-4-2)43-67-55-53(66)51(64)54(47(42-59)69-55)70-56-52(65)50(63)49(62)46(41-58)68-56/h44-47,49-56,58-60,62-66H,3-43H2,1-2H3,(H,57,61). The summed E-state index contributed by atoms with van der Waals surface area (Å²) >= 11 is 0. The van der Waals surface area contributed by atoms with Gasteiger partial charge < -0.3 is 65.1 Å². The molecule has 12 unspecified atom stereocenters. The lowest BCUT2D eigenvalue weighted by Crippen LogP contribution is -2.65. The first kappa shape index (κ1) is 65.1. The minimum Gasteiger partial charge on any atom is -0.394 e. The van der Waals surface area contributed by atoms with Gasteiger partial charge >= 0.3 is 0 Å². The second kappa shape index (κ2) is 43.3. The lowest BCUT2D eigenvalue weighted by molar-refractivity contribution is -0.359. The molecule has 12 atom stereocenters. The van der Waals surface area contributed by atoms with Crippen LogP contribution in [0.4, 0.5) is 0 Å². The molecule has 14 heteroatoms. The molecule has 416 valence electrons. The average Bonchev–Trinajstić information content (AvgIpc) is 3.36. The number of hydrogen-bond acceptors (Lipinski definition) is 13. The van der Waals surface area contributed by atoms with Crippen molar-refractivity contribution in [3.05, 3.63) is 0 Å². The molecular weight excluding hydrogens is 895 g/mol. The van der Waals surface area contributed by atoms with Crippen LogP contribution in [-0.4, -0.2) is 140 Å². The quantitative estimate of drug-likeness (QED) is 0.0259. The molecule has 70 heavy (non-hydrogen) atoms. The third kappa shape index (κ3) is 29.2. The Hall–Kier alpha value is -1.01. The molecule has 0 saturated carbocycles. The summed E-state index contributed by atoms with van der Waals surface area (Å²) in [6, 6.07) is -0.821. The Bertz CT molecular complexity index is 1180. The summed E-state index contributed by atoms with van der Waals surface area (Å²) in [6.07, 6.45) is 29.7. The lowest BCUT2D eigenvalue weighted by Gasteiger charge is -2.46. The summed E-state index contributed by atoms with van der Waals surface area (Å²) in [5, 5.41) is 87.1. The molecular formula is C56H109NO13. The fourth-order valence-corrected chi connectivity index (χ4v) is 10.1. The summed E-state index contributed by atoms with van der Waals surface area (Å²) in [5.41, 5.74) is 0. The normalized spacial score (nSPS) is 25.9. The van der Waals surface area contributed by atoms with Gasteiger partial charge in [0.15, 0.2) is 12.6 Å². The monoisotopic (exact) mass is 1000 g/mol. The lowest BCUT2D eigenvalue weighted by atomic mass is 9.97. The van der Waals surface area contributed by atoms with E-state index >= 15 is 0 Å². The SMILES string of the molecule is CCCCCCCCCCCCCCCCCCCCCCCCCCC(=O)NC(COC1OC(CO)C(OC2OC(CO)C(O)C(O)C2O)C(O)C1O)C(O)CCCCCCCCCCCCCC. The van der Waals surface area contributed by atoms with E-state index < -0.39 is 86.8 Å². The minimum absolute atomic E-state index is 0.201. The Morgan fingerprint density at radius 3 is 1.21 bits per heavy atom. The molecule has 2 saturated heterocycles. The van der Waals surface area contributed by atoms with E-state index in [1.54, 1.807) is 0 Å². The van der Waals surface area contributed by atoms with Crippen molar-refractivity contribution < 1.29 is 64.6 Å². The Balaban J connectivity index is 1.70. The van der Waals surface area contributed by atoms with Gasteiger partial charge in [0, 0.05) is 6.42 Å². The number of carbonyl (C=O) groups excluding carboxylic acids is 1. The van der Waals surface area contributed by atoms with Crippen molar-refractivity contribution in [2.75, 3.05) is 19.8 Å². The van der Waals surface area contributed by atoms with Crippen molar-refractivity contribution >= 4 is 5.91 Å². The van der Waals surface area contributed by atoms with E-state index in [0.29, 0.717) is 12.8 Å². The molecule has 0 aromatic carbocycles. The Labute approximate surface area is 425 Å². The van der Waals surface area contributed by atoms with Crippen LogP contribution >= 0.6 is 0 Å². The maximum atomic E-state index is 13.2. The Morgan fingerprint density at radius 1 is 0.457 bits per heavy atom. The van der Waals surface area contributed by atoms with Crippen LogP contribution in [0.2, 0.25) is 0 Å². The fourth-order valence-electron chi connectivity index (χ4n) is 10.1. The molecule has 2 fully saturated rings. The van der Waals surface area contributed by atoms with E-state index in [2.05, 4.69) is 19.2 Å². The highest BCUT2D eigenvalue weighted by Gasteiger charge is 2.51. The summed E-state index contributed by atoms with van der Waals surface area (Å²) < 4.78 is 22.8. The maximum Gasteiger partial charge on any atom is 0.220 e. The maximum absolute atomic E-state index is 13.2. The topological polar surface area (TPSA) is 228 Å². The highest BCUT2D eigenvalue weighted by Crippen LogP contribution is 2.30. The van der Waals surface area contributed by atoms with Crippen LogP contribution in [0.25, 0.3) is 0 Å². The van der Waals surface area contributed by atoms with Crippen LogP contribution in [-0.2, 0) is 23.7 Å². The molecule has 1 amide bonds. The van der Waals surface area contributed by atoms with E-state index in [4.69, 9.17) is 18.9 Å². The number of unbranched alkanes of at least 4 members (excludes halogenated alkanes) is 34. The number of hydrogen-bond donors (Lipinski definition) is 9. The van der Waals surface area contributed by atoms with Gasteiger partial charge in [0.2, 0.25) is 5.91 Å². The van der Waals surface area contributed by atoms with Gasteiger partial charge in [0.1, 0.15) is 48.8 Å². The van der Waals surface area contributed by atoms with Crippen LogP contribution < -0.4 is 5.32 Å². The van der Waals surface area contributed by atoms with Crippen molar-refractivity contribution in [2.24, 2.45) is 0 Å². The first-order valence-electron chi connectivity index (χ1n) is 29.3. The van der Waals surface area contributed by atoms with Gasteiger partial charge in [0.05, 0.1) is 32.0 Å². The van der Waals surface area contributed by atoms with Gasteiger partial charge in [0.25, 0.3) is 0 Å². The Kier molecular flexibility index (Phi) is 40.2. The van der Waals surface area contributed by atoms with Gasteiger partial charge in [-0.1, -0.05) is 239 Å². The molecule has 2 aliphatic heterocycles. The number of ether oxygens (including phenoxy) is 4. The molecule has 0 aromatic rings. The van der Waals surface area contributed by atoms with E-state index in [0.717, 1.165) is 51.4 Å². The predicted octanol–water partition coefficient (Wildman–Crippen LogP) is 9.34. The number of aliphatic hydroxyl groups excluding tert-OH is 8. The molecule has 9 N–H and O–H groups in total. The van der Waals surface area contributed by atoms with Gasteiger partial charge in [-0.05, 0) is 12.8 Å². The van der Waals surface area contributed by atoms with Crippen molar-refractivity contribution in [1.29, 1.82) is 0 Å². The van der Waals surface area contributed by atoms with Crippen molar-refractivity contribution in [1.82, 2.24) is 5.32 Å². The summed E-state index contributed by atoms with van der Waals surface area (Å²) in [4.78, 5) is 13.2.